The van der Waals surface area contributed by atoms with Crippen molar-refractivity contribution >= 4 is 17.3 Å². The Morgan fingerprint density at radius 1 is 1.53 bits per heavy atom. The minimum atomic E-state index is -0.832. The molecule has 0 radical (unpaired) electrons. The molecule has 1 N–H and O–H groups in total. The molecule has 0 bridgehead atoms. The normalized spacial score (nSPS) is 12.5. The van der Waals surface area contributed by atoms with E-state index >= 15 is 0 Å². The molecule has 2 rings (SSSR count). The van der Waals surface area contributed by atoms with Crippen LogP contribution in [-0.2, 0) is 4.79 Å². The highest BCUT2D eigenvalue weighted by atomic mass is 32.1. The zero-order chi connectivity index (χ0) is 13.8. The molecule has 6 nitrogen and oxygen atoms in total. The van der Waals surface area contributed by atoms with Gasteiger partial charge < -0.3 is 5.11 Å². The maximum Gasteiger partial charge on any atom is 0.305 e. The van der Waals surface area contributed by atoms with Gasteiger partial charge in [-0.15, -0.1) is 5.10 Å². The molecule has 1 unspecified atom stereocenters. The number of hydrogen-bond acceptors (Lipinski definition) is 5. The van der Waals surface area contributed by atoms with Crippen LogP contribution in [0.4, 0.5) is 0 Å². The Hall–Kier alpha value is -1.76. The van der Waals surface area contributed by atoms with E-state index in [1.165, 1.54) is 0 Å². The highest BCUT2D eigenvalue weighted by Gasteiger charge is 2.21. The standard InChI is InChI=1S/C12H16N4O2S/c1-3-4-9(5-11(17)18)16-12(13-14-15-16)10-7-19-6-8(10)2/h6-7,9H,3-5H2,1-2H3,(H,17,18). The fourth-order valence-electron chi connectivity index (χ4n) is 2.05. The van der Waals surface area contributed by atoms with Crippen LogP contribution >= 0.6 is 11.3 Å². The van der Waals surface area contributed by atoms with Gasteiger partial charge in [0, 0.05) is 10.9 Å². The molecule has 0 saturated carbocycles. The largest absolute Gasteiger partial charge is 0.481 e. The number of carboxylic acid groups (broad SMARTS) is 1. The van der Waals surface area contributed by atoms with E-state index in [4.69, 9.17) is 5.11 Å². The molecule has 102 valence electrons. The number of aryl methyl sites for hydroxylation is 1. The molecule has 19 heavy (non-hydrogen) atoms. The molecule has 0 aliphatic carbocycles. The van der Waals surface area contributed by atoms with Crippen LogP contribution in [0.1, 0.15) is 37.8 Å². The van der Waals surface area contributed by atoms with Crippen molar-refractivity contribution in [3.63, 3.8) is 0 Å². The Labute approximate surface area is 115 Å². The van der Waals surface area contributed by atoms with E-state index in [0.717, 1.165) is 24.0 Å². The molecular formula is C12H16N4O2S. The van der Waals surface area contributed by atoms with Crippen molar-refractivity contribution in [2.24, 2.45) is 0 Å². The minimum absolute atomic E-state index is 0.0368. The first kappa shape index (κ1) is 13.7. The molecule has 0 aliphatic rings. The predicted octanol–water partition coefficient (Wildman–Crippen LogP) is 2.53. The lowest BCUT2D eigenvalue weighted by Gasteiger charge is -2.15. The summed E-state index contributed by atoms with van der Waals surface area (Å²) in [4.78, 5) is 11.0. The Morgan fingerprint density at radius 3 is 2.89 bits per heavy atom. The Morgan fingerprint density at radius 2 is 2.32 bits per heavy atom. The van der Waals surface area contributed by atoms with Crippen molar-refractivity contribution < 1.29 is 9.90 Å². The van der Waals surface area contributed by atoms with Gasteiger partial charge in [0.05, 0.1) is 12.5 Å². The third kappa shape index (κ3) is 2.98. The van der Waals surface area contributed by atoms with Gasteiger partial charge in [0.1, 0.15) is 0 Å². The van der Waals surface area contributed by atoms with Gasteiger partial charge in [-0.1, -0.05) is 13.3 Å². The van der Waals surface area contributed by atoms with Crippen LogP contribution in [0.2, 0.25) is 0 Å². The minimum Gasteiger partial charge on any atom is -0.481 e. The summed E-state index contributed by atoms with van der Waals surface area (Å²) in [5, 5.41) is 24.8. The summed E-state index contributed by atoms with van der Waals surface area (Å²) < 4.78 is 1.65. The lowest BCUT2D eigenvalue weighted by Crippen LogP contribution is -2.16. The lowest BCUT2D eigenvalue weighted by molar-refractivity contribution is -0.138. The van der Waals surface area contributed by atoms with Gasteiger partial charge in [0.2, 0.25) is 0 Å². The third-order valence-corrected chi connectivity index (χ3v) is 3.83. The van der Waals surface area contributed by atoms with Gasteiger partial charge in [-0.3, -0.25) is 4.79 Å². The maximum atomic E-state index is 11.0. The quantitative estimate of drug-likeness (QED) is 0.879. The van der Waals surface area contributed by atoms with E-state index in [0.29, 0.717) is 5.82 Å². The number of tetrazole rings is 1. The molecule has 7 heteroatoms. The van der Waals surface area contributed by atoms with Crippen molar-refractivity contribution in [2.45, 2.75) is 39.2 Å². The summed E-state index contributed by atoms with van der Waals surface area (Å²) in [6, 6.07) is -0.202. The van der Waals surface area contributed by atoms with Crippen LogP contribution in [0.15, 0.2) is 10.8 Å². The second-order valence-corrected chi connectivity index (χ2v) is 5.20. The van der Waals surface area contributed by atoms with Crippen molar-refractivity contribution in [2.75, 3.05) is 0 Å². The molecule has 2 aromatic rings. The second-order valence-electron chi connectivity index (χ2n) is 4.46. The van der Waals surface area contributed by atoms with Crippen LogP contribution in [0.25, 0.3) is 11.4 Å². The van der Waals surface area contributed by atoms with E-state index in [-0.39, 0.29) is 12.5 Å². The fraction of sp³-hybridized carbons (Fsp3) is 0.500. The first-order valence-corrected chi connectivity index (χ1v) is 7.10. The molecule has 0 aliphatic heterocycles. The summed E-state index contributed by atoms with van der Waals surface area (Å²) in [5.41, 5.74) is 2.08. The molecule has 0 amide bonds. The van der Waals surface area contributed by atoms with Crippen LogP contribution in [0, 0.1) is 6.92 Å². The maximum absolute atomic E-state index is 11.0. The van der Waals surface area contributed by atoms with E-state index in [1.54, 1.807) is 16.0 Å². The molecule has 2 aromatic heterocycles. The number of aliphatic carboxylic acids is 1. The zero-order valence-corrected chi connectivity index (χ0v) is 11.7. The number of aromatic nitrogens is 4. The van der Waals surface area contributed by atoms with Crippen molar-refractivity contribution in [1.29, 1.82) is 0 Å². The van der Waals surface area contributed by atoms with Crippen molar-refractivity contribution in [3.8, 4) is 11.4 Å². The highest BCUT2D eigenvalue weighted by molar-refractivity contribution is 7.08. The number of rotatable bonds is 6. The topological polar surface area (TPSA) is 80.9 Å². The highest BCUT2D eigenvalue weighted by Crippen LogP contribution is 2.28. The first-order chi connectivity index (χ1) is 9.13. The van der Waals surface area contributed by atoms with Gasteiger partial charge in [-0.2, -0.15) is 11.3 Å². The average molecular weight is 280 g/mol. The molecule has 0 aromatic carbocycles. The van der Waals surface area contributed by atoms with E-state index in [9.17, 15) is 4.79 Å². The van der Waals surface area contributed by atoms with Gasteiger partial charge in [-0.05, 0) is 34.7 Å². The number of carbonyl (C=O) groups is 1. The van der Waals surface area contributed by atoms with Crippen molar-refractivity contribution in [3.05, 3.63) is 16.3 Å². The lowest BCUT2D eigenvalue weighted by atomic mass is 10.1. The summed E-state index contributed by atoms with van der Waals surface area (Å²) >= 11 is 1.59. The van der Waals surface area contributed by atoms with E-state index < -0.39 is 5.97 Å². The Kier molecular flexibility index (Phi) is 4.26. The van der Waals surface area contributed by atoms with Gasteiger partial charge in [0.25, 0.3) is 0 Å². The smallest absolute Gasteiger partial charge is 0.305 e. The summed E-state index contributed by atoms with van der Waals surface area (Å²) in [6.07, 6.45) is 1.67. The van der Waals surface area contributed by atoms with E-state index in [2.05, 4.69) is 15.5 Å². The van der Waals surface area contributed by atoms with Crippen LogP contribution < -0.4 is 0 Å². The average Bonchev–Trinajstić information content (AvgIpc) is 2.95. The zero-order valence-electron chi connectivity index (χ0n) is 10.9. The first-order valence-electron chi connectivity index (χ1n) is 6.16. The van der Waals surface area contributed by atoms with Crippen LogP contribution in [0.5, 0.6) is 0 Å². The second kappa shape index (κ2) is 5.92. The molecule has 2 heterocycles. The molecule has 0 fully saturated rings. The van der Waals surface area contributed by atoms with E-state index in [1.807, 2.05) is 24.6 Å². The molecular weight excluding hydrogens is 264 g/mol. The number of carboxylic acids is 1. The Balaban J connectivity index is 2.36. The Bertz CT molecular complexity index is 564. The fourth-order valence-corrected chi connectivity index (χ4v) is 2.88. The predicted molar refractivity (Wildman–Crippen MR) is 72.1 cm³/mol. The number of hydrogen-bond donors (Lipinski definition) is 1. The molecule has 1 atom stereocenters. The third-order valence-electron chi connectivity index (χ3n) is 2.97. The van der Waals surface area contributed by atoms with Crippen LogP contribution in [-0.4, -0.2) is 31.3 Å². The van der Waals surface area contributed by atoms with Gasteiger partial charge in [0.15, 0.2) is 5.82 Å². The van der Waals surface area contributed by atoms with Gasteiger partial charge >= 0.3 is 5.97 Å². The molecule has 0 saturated heterocycles. The van der Waals surface area contributed by atoms with Gasteiger partial charge in [-0.25, -0.2) is 4.68 Å². The monoisotopic (exact) mass is 280 g/mol. The van der Waals surface area contributed by atoms with Crippen molar-refractivity contribution in [1.82, 2.24) is 20.2 Å². The molecule has 0 spiro atoms. The SMILES string of the molecule is CCCC(CC(=O)O)n1nnnc1-c1cscc1C. The summed E-state index contributed by atoms with van der Waals surface area (Å²) in [6.45, 7) is 4.02. The summed E-state index contributed by atoms with van der Waals surface area (Å²) in [5.74, 6) is -0.180. The number of thiophene rings is 1. The van der Waals surface area contributed by atoms with Crippen LogP contribution in [0.3, 0.4) is 0 Å². The number of nitrogens with zero attached hydrogens (tertiary/aromatic N) is 4. The summed E-state index contributed by atoms with van der Waals surface area (Å²) in [7, 11) is 0.